The van der Waals surface area contributed by atoms with Gasteiger partial charge < -0.3 is 19.5 Å². The molecule has 6 nitrogen and oxygen atoms in total. The van der Waals surface area contributed by atoms with Crippen LogP contribution in [-0.2, 0) is 16.1 Å². The fourth-order valence-electron chi connectivity index (χ4n) is 3.67. The van der Waals surface area contributed by atoms with Crippen LogP contribution in [0.25, 0.3) is 0 Å². The van der Waals surface area contributed by atoms with E-state index in [-0.39, 0.29) is 12.0 Å². The molecule has 1 atom stereocenters. The van der Waals surface area contributed by atoms with Crippen LogP contribution in [0.4, 0.5) is 5.82 Å². The molecule has 134 valence electrons. The van der Waals surface area contributed by atoms with E-state index in [9.17, 15) is 5.11 Å². The molecule has 0 spiro atoms. The average molecular weight is 335 g/mol. The van der Waals surface area contributed by atoms with Gasteiger partial charge in [0, 0.05) is 45.4 Å². The molecule has 2 fully saturated rings. The van der Waals surface area contributed by atoms with Gasteiger partial charge in [-0.2, -0.15) is 0 Å². The molecule has 0 aliphatic carbocycles. The zero-order chi connectivity index (χ0) is 17.0. The third-order valence-electron chi connectivity index (χ3n) is 5.63. The quantitative estimate of drug-likeness (QED) is 0.859. The van der Waals surface area contributed by atoms with Crippen molar-refractivity contribution in [3.8, 4) is 0 Å². The molecular formula is C18H29N3O3. The second-order valence-electron chi connectivity index (χ2n) is 7.06. The highest BCUT2D eigenvalue weighted by molar-refractivity contribution is 5.41. The van der Waals surface area contributed by atoms with Crippen LogP contribution >= 0.6 is 0 Å². The number of aliphatic hydroxyl groups excluding tert-OH is 1. The first-order valence-corrected chi connectivity index (χ1v) is 9.00. The van der Waals surface area contributed by atoms with Crippen molar-refractivity contribution in [3.05, 3.63) is 17.6 Å². The maximum atomic E-state index is 9.73. The van der Waals surface area contributed by atoms with Crippen LogP contribution in [0.3, 0.4) is 0 Å². The van der Waals surface area contributed by atoms with Gasteiger partial charge in [0.2, 0.25) is 0 Å². The molecule has 0 amide bonds. The van der Waals surface area contributed by atoms with Gasteiger partial charge in [-0.25, -0.2) is 9.97 Å². The Bertz CT molecular complexity index is 532. The number of hydrogen-bond donors (Lipinski definition) is 1. The Morgan fingerprint density at radius 1 is 1.38 bits per heavy atom. The largest absolute Gasteiger partial charge is 0.396 e. The monoisotopic (exact) mass is 335 g/mol. The van der Waals surface area contributed by atoms with Crippen molar-refractivity contribution >= 4 is 5.82 Å². The highest BCUT2D eigenvalue weighted by Crippen LogP contribution is 2.36. The van der Waals surface area contributed by atoms with Crippen molar-refractivity contribution in [1.29, 1.82) is 0 Å². The first kappa shape index (κ1) is 17.6. The summed E-state index contributed by atoms with van der Waals surface area (Å²) < 4.78 is 10.8. The van der Waals surface area contributed by atoms with Crippen molar-refractivity contribution in [2.75, 3.05) is 44.9 Å². The summed E-state index contributed by atoms with van der Waals surface area (Å²) in [6.45, 7) is 6.29. The summed E-state index contributed by atoms with van der Waals surface area (Å²) in [6, 6.07) is 2.12. The summed E-state index contributed by atoms with van der Waals surface area (Å²) in [5, 5.41) is 9.73. The third-order valence-corrected chi connectivity index (χ3v) is 5.63. The SMILES string of the molecule is CCC1(CO)CCN(c2cc([C@@H]3CCOC3)nc(COC)n2)CC1. The molecule has 2 saturated heterocycles. The Balaban J connectivity index is 1.79. The lowest BCUT2D eigenvalue weighted by Gasteiger charge is -2.40. The lowest BCUT2D eigenvalue weighted by molar-refractivity contribution is 0.0920. The lowest BCUT2D eigenvalue weighted by atomic mass is 9.77. The number of hydrogen-bond acceptors (Lipinski definition) is 6. The summed E-state index contributed by atoms with van der Waals surface area (Å²) in [6.07, 6.45) is 4.06. The number of methoxy groups -OCH3 is 1. The van der Waals surface area contributed by atoms with Crippen molar-refractivity contribution in [2.24, 2.45) is 5.41 Å². The number of nitrogens with zero attached hydrogens (tertiary/aromatic N) is 3. The predicted octanol–water partition coefficient (Wildman–Crippen LogP) is 2.12. The number of aromatic nitrogens is 2. The molecule has 1 aromatic heterocycles. The average Bonchev–Trinajstić information content (AvgIpc) is 3.16. The van der Waals surface area contributed by atoms with Crippen molar-refractivity contribution in [2.45, 2.75) is 45.1 Å². The topological polar surface area (TPSA) is 67.7 Å². The highest BCUT2D eigenvalue weighted by Gasteiger charge is 2.33. The number of piperidine rings is 1. The van der Waals surface area contributed by atoms with E-state index in [2.05, 4.69) is 22.9 Å². The van der Waals surface area contributed by atoms with E-state index in [1.807, 2.05) is 0 Å². The normalized spacial score (nSPS) is 23.6. The Kier molecular flexibility index (Phi) is 5.69. The summed E-state index contributed by atoms with van der Waals surface area (Å²) >= 11 is 0. The molecule has 6 heteroatoms. The summed E-state index contributed by atoms with van der Waals surface area (Å²) in [4.78, 5) is 11.7. The zero-order valence-corrected chi connectivity index (χ0v) is 14.8. The van der Waals surface area contributed by atoms with Crippen LogP contribution in [0, 0.1) is 5.41 Å². The molecule has 3 heterocycles. The van der Waals surface area contributed by atoms with Crippen LogP contribution in [0.1, 0.15) is 50.0 Å². The Hall–Kier alpha value is -1.24. The molecule has 3 rings (SSSR count). The summed E-state index contributed by atoms with van der Waals surface area (Å²) in [7, 11) is 1.67. The van der Waals surface area contributed by atoms with Gasteiger partial charge in [0.05, 0.1) is 12.3 Å². The van der Waals surface area contributed by atoms with E-state index in [4.69, 9.17) is 14.5 Å². The minimum Gasteiger partial charge on any atom is -0.396 e. The van der Waals surface area contributed by atoms with Gasteiger partial charge in [0.25, 0.3) is 0 Å². The first-order valence-electron chi connectivity index (χ1n) is 9.00. The number of anilines is 1. The smallest absolute Gasteiger partial charge is 0.156 e. The van der Waals surface area contributed by atoms with Gasteiger partial charge in [0.1, 0.15) is 12.4 Å². The van der Waals surface area contributed by atoms with Gasteiger partial charge in [-0.05, 0) is 31.1 Å². The standard InChI is InChI=1S/C18H29N3O3/c1-3-18(13-22)5-7-21(8-6-18)17-10-15(14-4-9-24-11-14)19-16(20-17)12-23-2/h10,14,22H,3-9,11-13H2,1-2H3/t14-/m1/s1. The van der Waals surface area contributed by atoms with Crippen LogP contribution < -0.4 is 4.90 Å². The molecular weight excluding hydrogens is 306 g/mol. The lowest BCUT2D eigenvalue weighted by Crippen LogP contribution is -2.42. The molecule has 1 N–H and O–H groups in total. The van der Waals surface area contributed by atoms with E-state index >= 15 is 0 Å². The van der Waals surface area contributed by atoms with E-state index < -0.39 is 0 Å². The molecule has 0 bridgehead atoms. The molecule has 2 aliphatic rings. The van der Waals surface area contributed by atoms with Crippen molar-refractivity contribution in [1.82, 2.24) is 9.97 Å². The summed E-state index contributed by atoms with van der Waals surface area (Å²) in [5.41, 5.74) is 1.15. The number of ether oxygens (including phenoxy) is 2. The maximum Gasteiger partial charge on any atom is 0.156 e. The zero-order valence-electron chi connectivity index (χ0n) is 14.8. The molecule has 0 aromatic carbocycles. The van der Waals surface area contributed by atoms with Crippen molar-refractivity contribution in [3.63, 3.8) is 0 Å². The minimum atomic E-state index is 0.0843. The van der Waals surface area contributed by atoms with E-state index in [0.717, 1.165) is 69.3 Å². The number of rotatable bonds is 6. The van der Waals surface area contributed by atoms with Gasteiger partial charge in [-0.3, -0.25) is 0 Å². The molecule has 24 heavy (non-hydrogen) atoms. The third kappa shape index (κ3) is 3.71. The van der Waals surface area contributed by atoms with E-state index in [1.165, 1.54) is 0 Å². The van der Waals surface area contributed by atoms with E-state index in [1.54, 1.807) is 7.11 Å². The van der Waals surface area contributed by atoms with Gasteiger partial charge in [-0.1, -0.05) is 6.92 Å². The van der Waals surface area contributed by atoms with Crippen molar-refractivity contribution < 1.29 is 14.6 Å². The van der Waals surface area contributed by atoms with E-state index in [0.29, 0.717) is 12.5 Å². The number of aliphatic hydroxyl groups is 1. The Labute approximate surface area is 144 Å². The second-order valence-corrected chi connectivity index (χ2v) is 7.06. The molecule has 0 unspecified atom stereocenters. The minimum absolute atomic E-state index is 0.0843. The van der Waals surface area contributed by atoms with Gasteiger partial charge in [0.15, 0.2) is 5.82 Å². The Morgan fingerprint density at radius 2 is 2.17 bits per heavy atom. The molecule has 0 saturated carbocycles. The highest BCUT2D eigenvalue weighted by atomic mass is 16.5. The van der Waals surface area contributed by atoms with Crippen LogP contribution in [-0.4, -0.2) is 55.1 Å². The maximum absolute atomic E-state index is 9.73. The molecule has 2 aliphatic heterocycles. The first-order chi connectivity index (χ1) is 11.7. The van der Waals surface area contributed by atoms with Crippen LogP contribution in [0.2, 0.25) is 0 Å². The fraction of sp³-hybridized carbons (Fsp3) is 0.778. The molecule has 0 radical (unpaired) electrons. The van der Waals surface area contributed by atoms with Gasteiger partial charge >= 0.3 is 0 Å². The second kappa shape index (κ2) is 7.76. The predicted molar refractivity (Wildman–Crippen MR) is 92.2 cm³/mol. The van der Waals surface area contributed by atoms with Crippen LogP contribution in [0.5, 0.6) is 0 Å². The van der Waals surface area contributed by atoms with Gasteiger partial charge in [-0.15, -0.1) is 0 Å². The summed E-state index contributed by atoms with van der Waals surface area (Å²) in [5.74, 6) is 2.09. The fourth-order valence-corrected chi connectivity index (χ4v) is 3.67. The molecule has 1 aromatic rings. The van der Waals surface area contributed by atoms with Crippen LogP contribution in [0.15, 0.2) is 6.07 Å². The Morgan fingerprint density at radius 3 is 2.75 bits per heavy atom.